The Bertz CT molecular complexity index is 658. The second kappa shape index (κ2) is 10.6. The summed E-state index contributed by atoms with van der Waals surface area (Å²) in [5, 5.41) is 21.7. The third kappa shape index (κ3) is 7.06. The number of benzene rings is 1. The Morgan fingerprint density at radius 2 is 1.65 bits per heavy atom. The van der Waals surface area contributed by atoms with Crippen LogP contribution in [0.5, 0.6) is 0 Å². The maximum atomic E-state index is 11.3. The Morgan fingerprint density at radius 3 is 2.04 bits per heavy atom. The second-order valence-electron chi connectivity index (χ2n) is 4.32. The first-order valence-corrected chi connectivity index (χ1v) is 7.23. The summed E-state index contributed by atoms with van der Waals surface area (Å²) >= 11 is 0. The van der Waals surface area contributed by atoms with Crippen molar-refractivity contribution in [1.82, 2.24) is 0 Å². The minimum atomic E-state index is -5.21. The van der Waals surface area contributed by atoms with Gasteiger partial charge in [0.15, 0.2) is 0 Å². The number of carboxylic acid groups (broad SMARTS) is 2. The number of allylic oxidation sites excluding steroid dienone is 1. The summed E-state index contributed by atoms with van der Waals surface area (Å²) in [4.78, 5) is 21.7. The average molecular weight is 358 g/mol. The number of carbonyl (C=O) groups is 2. The zero-order valence-electron chi connectivity index (χ0n) is 12.8. The molecule has 0 aliphatic heterocycles. The van der Waals surface area contributed by atoms with Crippen molar-refractivity contribution in [3.63, 3.8) is 0 Å². The van der Waals surface area contributed by atoms with Gasteiger partial charge in [-0.15, -0.1) is 0 Å². The van der Waals surface area contributed by atoms with Crippen LogP contribution in [0.15, 0.2) is 36.4 Å². The molecule has 0 amide bonds. The van der Waals surface area contributed by atoms with Gasteiger partial charge in [-0.25, -0.2) is 0 Å². The summed E-state index contributed by atoms with van der Waals surface area (Å²) < 4.78 is 28.7. The number of aliphatic carboxylic acids is 2. The Labute approximate surface area is 178 Å². The predicted octanol–water partition coefficient (Wildman–Crippen LogP) is -7.39. The fourth-order valence-corrected chi connectivity index (χ4v) is 2.53. The molecule has 1 rings (SSSR count). The predicted molar refractivity (Wildman–Crippen MR) is 69.0 cm³/mol. The van der Waals surface area contributed by atoms with Gasteiger partial charge < -0.3 is 19.8 Å². The molecule has 1 aromatic carbocycles. The fourth-order valence-electron chi connectivity index (χ4n) is 1.71. The van der Waals surface area contributed by atoms with Gasteiger partial charge in [-0.2, -0.15) is 8.42 Å². The van der Waals surface area contributed by atoms with E-state index in [1.807, 2.05) is 0 Å². The Hall–Kier alpha value is -0.190. The van der Waals surface area contributed by atoms with Gasteiger partial charge in [-0.1, -0.05) is 42.5 Å². The molecule has 10 heteroatoms. The molecule has 0 saturated carbocycles. The van der Waals surface area contributed by atoms with Gasteiger partial charge in [0, 0.05) is 12.4 Å². The first kappa shape index (κ1) is 25.1. The van der Waals surface area contributed by atoms with Crippen LogP contribution in [0.25, 0.3) is 6.08 Å². The second-order valence-corrected chi connectivity index (χ2v) is 6.05. The molecule has 23 heavy (non-hydrogen) atoms. The van der Waals surface area contributed by atoms with E-state index in [1.165, 1.54) is 6.08 Å². The first-order chi connectivity index (χ1) is 9.69. The maximum Gasteiger partial charge on any atom is 1.00 e. The number of rotatable bonds is 7. The molecular formula is C13H12Na2O7S. The number of hydrogen-bond acceptors (Lipinski definition) is 6. The Kier molecular flexibility index (Phi) is 11.6. The van der Waals surface area contributed by atoms with Crippen LogP contribution in [-0.4, -0.2) is 29.7 Å². The summed E-state index contributed by atoms with van der Waals surface area (Å²) in [5.74, 6) is -4.13. The number of hydrogen-bond donors (Lipinski definition) is 1. The van der Waals surface area contributed by atoms with E-state index in [0.717, 1.165) is 6.08 Å². The normalized spacial score (nSPS) is 13.4. The molecule has 1 unspecified atom stereocenters. The molecule has 7 nitrogen and oxygen atoms in total. The van der Waals surface area contributed by atoms with E-state index < -0.39 is 39.6 Å². The summed E-state index contributed by atoms with van der Waals surface area (Å²) in [7, 11) is -5.21. The van der Waals surface area contributed by atoms with Crippen molar-refractivity contribution in [3.8, 4) is 0 Å². The van der Waals surface area contributed by atoms with Crippen LogP contribution in [-0.2, 0) is 19.7 Å². The van der Waals surface area contributed by atoms with Crippen molar-refractivity contribution < 1.29 is 91.9 Å². The van der Waals surface area contributed by atoms with Crippen LogP contribution in [0.2, 0.25) is 0 Å². The van der Waals surface area contributed by atoms with Crippen LogP contribution >= 0.6 is 0 Å². The Balaban J connectivity index is 0. The molecule has 0 radical (unpaired) electrons. The first-order valence-electron chi connectivity index (χ1n) is 5.79. The van der Waals surface area contributed by atoms with Gasteiger partial charge in [-0.05, 0) is 12.0 Å². The molecule has 0 fully saturated rings. The molecule has 0 aromatic heterocycles. The monoisotopic (exact) mass is 358 g/mol. The van der Waals surface area contributed by atoms with Gasteiger partial charge in [-0.3, -0.25) is 4.55 Å². The van der Waals surface area contributed by atoms with E-state index in [2.05, 4.69) is 0 Å². The molecule has 1 aromatic rings. The van der Waals surface area contributed by atoms with Gasteiger partial charge in [0.25, 0.3) is 10.1 Å². The number of carbonyl (C=O) groups excluding carboxylic acids is 2. The van der Waals surface area contributed by atoms with Crippen LogP contribution in [0.3, 0.4) is 0 Å². The summed E-state index contributed by atoms with van der Waals surface area (Å²) in [6.45, 7) is 0. The van der Waals surface area contributed by atoms with Crippen molar-refractivity contribution in [3.05, 3.63) is 42.0 Å². The fraction of sp³-hybridized carbons (Fsp3) is 0.231. The van der Waals surface area contributed by atoms with Crippen molar-refractivity contribution in [2.45, 2.75) is 17.6 Å². The molecule has 1 N–H and O–H groups in total. The van der Waals surface area contributed by atoms with Crippen LogP contribution in [0.1, 0.15) is 18.4 Å². The SMILES string of the molecule is O=C([O-])CC(CC=Cc1ccccc1)(C(=O)[O-])S(=O)(=O)O.[Na+].[Na+]. The smallest absolute Gasteiger partial charge is 0.550 e. The average Bonchev–Trinajstić information content (AvgIpc) is 2.36. The van der Waals surface area contributed by atoms with Crippen LogP contribution < -0.4 is 69.3 Å². The molecule has 0 spiro atoms. The zero-order valence-corrected chi connectivity index (χ0v) is 17.6. The minimum Gasteiger partial charge on any atom is -0.550 e. The summed E-state index contributed by atoms with van der Waals surface area (Å²) in [6, 6.07) is 8.50. The van der Waals surface area contributed by atoms with Gasteiger partial charge in [0.05, 0.1) is 5.97 Å². The number of carboxylic acids is 2. The zero-order chi connectivity index (χ0) is 16.1. The van der Waals surface area contributed by atoms with E-state index in [0.29, 0.717) is 5.56 Å². The van der Waals surface area contributed by atoms with Crippen molar-refractivity contribution in [1.29, 1.82) is 0 Å². The van der Waals surface area contributed by atoms with Crippen LogP contribution in [0.4, 0.5) is 0 Å². The van der Waals surface area contributed by atoms with Gasteiger partial charge in [0.2, 0.25) is 0 Å². The molecule has 0 saturated heterocycles. The van der Waals surface area contributed by atoms with E-state index in [-0.39, 0.29) is 59.1 Å². The van der Waals surface area contributed by atoms with E-state index in [1.54, 1.807) is 30.3 Å². The van der Waals surface area contributed by atoms with Gasteiger partial charge >= 0.3 is 59.1 Å². The topological polar surface area (TPSA) is 135 Å². The maximum absolute atomic E-state index is 11.3. The third-order valence-electron chi connectivity index (χ3n) is 2.85. The molecule has 114 valence electrons. The van der Waals surface area contributed by atoms with Crippen molar-refractivity contribution in [2.75, 3.05) is 0 Å². The third-order valence-corrected chi connectivity index (χ3v) is 4.32. The van der Waals surface area contributed by atoms with E-state index in [9.17, 15) is 28.2 Å². The minimum absolute atomic E-state index is 0. The molecule has 0 aliphatic carbocycles. The van der Waals surface area contributed by atoms with Crippen molar-refractivity contribution in [2.24, 2.45) is 0 Å². The summed E-state index contributed by atoms with van der Waals surface area (Å²) in [6.07, 6.45) is 0.365. The molecule has 1 atom stereocenters. The quantitative estimate of drug-likeness (QED) is 0.378. The van der Waals surface area contributed by atoms with Crippen molar-refractivity contribution >= 4 is 28.1 Å². The summed E-state index contributed by atoms with van der Waals surface area (Å²) in [5.41, 5.74) is 0.647. The molecule has 0 bridgehead atoms. The van der Waals surface area contributed by atoms with Crippen LogP contribution in [0, 0.1) is 0 Å². The molecular weight excluding hydrogens is 346 g/mol. The van der Waals surface area contributed by atoms with E-state index in [4.69, 9.17) is 4.55 Å². The molecule has 0 heterocycles. The Morgan fingerprint density at radius 1 is 1.13 bits per heavy atom. The molecule has 0 aliphatic rings. The largest absolute Gasteiger partial charge is 1.00 e. The van der Waals surface area contributed by atoms with Gasteiger partial charge in [0.1, 0.15) is 4.75 Å². The standard InChI is InChI=1S/C13H14O7S.2Na/c14-11(15)9-13(12(16)17,21(18,19)20)8-4-7-10-5-2-1-3-6-10;;/h1-7H,8-9H2,(H,14,15)(H,16,17)(H,18,19,20);;/q;2*+1/p-2. The van der Waals surface area contributed by atoms with E-state index >= 15 is 0 Å².